The molecule has 0 aliphatic carbocycles. The van der Waals surface area contributed by atoms with Gasteiger partial charge in [-0.3, -0.25) is 9.79 Å². The van der Waals surface area contributed by atoms with Crippen LogP contribution < -0.4 is 15.4 Å². The predicted molar refractivity (Wildman–Crippen MR) is 89.3 cm³/mol. The van der Waals surface area contributed by atoms with Crippen molar-refractivity contribution in [3.05, 3.63) is 29.3 Å². The number of hydrogen-bond donors (Lipinski definition) is 2. The van der Waals surface area contributed by atoms with Crippen molar-refractivity contribution in [1.29, 1.82) is 0 Å². The molecular weight excluding hydrogens is 318 g/mol. The van der Waals surface area contributed by atoms with E-state index in [1.54, 1.807) is 33.3 Å². The summed E-state index contributed by atoms with van der Waals surface area (Å²) in [6.45, 7) is -0.313. The Morgan fingerprint density at radius 3 is 2.62 bits per heavy atom. The highest BCUT2D eigenvalue weighted by atomic mass is 19.3. The minimum atomic E-state index is -2.87. The van der Waals surface area contributed by atoms with E-state index in [4.69, 9.17) is 0 Å². The Labute approximate surface area is 140 Å². The molecular formula is C16H24F2N4O2. The molecule has 0 bridgehead atoms. The van der Waals surface area contributed by atoms with Crippen LogP contribution in [-0.4, -0.2) is 51.1 Å². The molecule has 8 heteroatoms. The number of amides is 1. The summed E-state index contributed by atoms with van der Waals surface area (Å²) in [7, 11) is 4.98. The van der Waals surface area contributed by atoms with Crippen LogP contribution in [0, 0.1) is 6.92 Å². The van der Waals surface area contributed by atoms with E-state index in [2.05, 4.69) is 20.4 Å². The predicted octanol–water partition coefficient (Wildman–Crippen LogP) is 1.74. The van der Waals surface area contributed by atoms with Crippen LogP contribution in [0.25, 0.3) is 0 Å². The second kappa shape index (κ2) is 9.69. The molecule has 0 saturated heterocycles. The van der Waals surface area contributed by atoms with Crippen molar-refractivity contribution in [3.8, 4) is 5.75 Å². The van der Waals surface area contributed by atoms with Crippen molar-refractivity contribution in [2.45, 2.75) is 26.5 Å². The normalized spacial score (nSPS) is 11.4. The highest BCUT2D eigenvalue weighted by molar-refractivity contribution is 5.81. The zero-order chi connectivity index (χ0) is 18.1. The summed E-state index contributed by atoms with van der Waals surface area (Å²) in [5.41, 5.74) is 1.54. The van der Waals surface area contributed by atoms with Gasteiger partial charge in [0, 0.05) is 46.2 Å². The summed E-state index contributed by atoms with van der Waals surface area (Å²) in [6.07, 6.45) is 0.331. The Morgan fingerprint density at radius 2 is 2.04 bits per heavy atom. The van der Waals surface area contributed by atoms with Crippen molar-refractivity contribution >= 4 is 11.9 Å². The van der Waals surface area contributed by atoms with Gasteiger partial charge >= 0.3 is 6.61 Å². The maximum atomic E-state index is 12.5. The van der Waals surface area contributed by atoms with E-state index in [0.29, 0.717) is 24.5 Å². The fourth-order valence-electron chi connectivity index (χ4n) is 1.97. The average Bonchev–Trinajstić information content (AvgIpc) is 2.52. The summed E-state index contributed by atoms with van der Waals surface area (Å²) >= 11 is 0. The zero-order valence-corrected chi connectivity index (χ0v) is 14.4. The first-order valence-corrected chi connectivity index (χ1v) is 7.52. The van der Waals surface area contributed by atoms with Gasteiger partial charge in [0.25, 0.3) is 0 Å². The summed E-state index contributed by atoms with van der Waals surface area (Å²) < 4.78 is 29.4. The number of ether oxygens (including phenoxy) is 1. The van der Waals surface area contributed by atoms with Crippen molar-refractivity contribution < 1.29 is 18.3 Å². The molecule has 6 nitrogen and oxygen atoms in total. The molecule has 0 aliphatic rings. The standard InChI is InChI=1S/C16H24F2N4O2/c1-11-5-6-13(24-15(17)18)12(9-11)10-21-16(19-2)20-8-7-14(23)22(3)4/h5-6,9,15H,7-8,10H2,1-4H3,(H2,19,20,21). The molecule has 0 unspecified atom stereocenters. The summed E-state index contributed by atoms with van der Waals surface area (Å²) in [4.78, 5) is 17.1. The molecule has 0 spiro atoms. The summed E-state index contributed by atoms with van der Waals surface area (Å²) in [5.74, 6) is 0.608. The summed E-state index contributed by atoms with van der Waals surface area (Å²) in [6, 6.07) is 5.00. The monoisotopic (exact) mass is 342 g/mol. The lowest BCUT2D eigenvalue weighted by Gasteiger charge is -2.15. The smallest absolute Gasteiger partial charge is 0.387 e. The van der Waals surface area contributed by atoms with Crippen molar-refractivity contribution in [3.63, 3.8) is 0 Å². The van der Waals surface area contributed by atoms with Gasteiger partial charge in [-0.1, -0.05) is 17.7 Å². The van der Waals surface area contributed by atoms with Crippen LogP contribution in [0.3, 0.4) is 0 Å². The van der Waals surface area contributed by atoms with Crippen LogP contribution in [0.1, 0.15) is 17.5 Å². The molecule has 0 radical (unpaired) electrons. The first-order valence-electron chi connectivity index (χ1n) is 7.52. The van der Waals surface area contributed by atoms with Crippen LogP contribution in [0.15, 0.2) is 23.2 Å². The van der Waals surface area contributed by atoms with Gasteiger partial charge in [0.15, 0.2) is 5.96 Å². The fourth-order valence-corrected chi connectivity index (χ4v) is 1.97. The van der Waals surface area contributed by atoms with Crippen molar-refractivity contribution in [1.82, 2.24) is 15.5 Å². The number of benzene rings is 1. The highest BCUT2D eigenvalue weighted by Crippen LogP contribution is 2.21. The Bertz CT molecular complexity index is 577. The second-order valence-electron chi connectivity index (χ2n) is 5.38. The molecule has 1 rings (SSSR count). The number of aryl methyl sites for hydroxylation is 1. The fraction of sp³-hybridized carbons (Fsp3) is 0.500. The number of aliphatic imine (C=N–C) groups is 1. The molecule has 1 aromatic carbocycles. The SMILES string of the molecule is CN=C(NCCC(=O)N(C)C)NCc1cc(C)ccc1OC(F)F. The maximum Gasteiger partial charge on any atom is 0.387 e. The van der Waals surface area contributed by atoms with E-state index in [-0.39, 0.29) is 18.2 Å². The van der Waals surface area contributed by atoms with Gasteiger partial charge in [-0.2, -0.15) is 8.78 Å². The van der Waals surface area contributed by atoms with E-state index in [9.17, 15) is 13.6 Å². The van der Waals surface area contributed by atoms with Crippen LogP contribution >= 0.6 is 0 Å². The van der Waals surface area contributed by atoms with Gasteiger partial charge < -0.3 is 20.3 Å². The molecule has 0 aromatic heterocycles. The minimum absolute atomic E-state index is 0.00394. The van der Waals surface area contributed by atoms with Gasteiger partial charge in [-0.15, -0.1) is 0 Å². The highest BCUT2D eigenvalue weighted by Gasteiger charge is 2.11. The Morgan fingerprint density at radius 1 is 1.33 bits per heavy atom. The van der Waals surface area contributed by atoms with Gasteiger partial charge in [-0.05, 0) is 13.0 Å². The molecule has 0 fully saturated rings. The third kappa shape index (κ3) is 6.80. The lowest BCUT2D eigenvalue weighted by atomic mass is 10.1. The summed E-state index contributed by atoms with van der Waals surface area (Å²) in [5, 5.41) is 6.02. The molecule has 0 saturated carbocycles. The molecule has 24 heavy (non-hydrogen) atoms. The van der Waals surface area contributed by atoms with Gasteiger partial charge in [0.05, 0.1) is 0 Å². The van der Waals surface area contributed by atoms with Crippen LogP contribution in [0.5, 0.6) is 5.75 Å². The van der Waals surface area contributed by atoms with Crippen molar-refractivity contribution in [2.24, 2.45) is 4.99 Å². The number of carbonyl (C=O) groups excluding carboxylic acids is 1. The molecule has 1 aromatic rings. The first-order chi connectivity index (χ1) is 11.3. The number of halogens is 2. The van der Waals surface area contributed by atoms with Gasteiger partial charge in [-0.25, -0.2) is 0 Å². The Hall–Kier alpha value is -2.38. The topological polar surface area (TPSA) is 66.0 Å². The molecule has 0 atom stereocenters. The van der Waals surface area contributed by atoms with Gasteiger partial charge in [0.1, 0.15) is 5.75 Å². The Balaban J connectivity index is 2.59. The van der Waals surface area contributed by atoms with Crippen LogP contribution in [0.4, 0.5) is 8.78 Å². The number of nitrogens with one attached hydrogen (secondary N) is 2. The number of hydrogen-bond acceptors (Lipinski definition) is 3. The average molecular weight is 342 g/mol. The van der Waals surface area contributed by atoms with E-state index in [1.807, 2.05) is 6.92 Å². The molecule has 0 heterocycles. The van der Waals surface area contributed by atoms with Gasteiger partial charge in [0.2, 0.25) is 5.91 Å². The Kier molecular flexibility index (Phi) is 7.94. The second-order valence-corrected chi connectivity index (χ2v) is 5.38. The first kappa shape index (κ1) is 19.7. The molecule has 134 valence electrons. The minimum Gasteiger partial charge on any atom is -0.434 e. The number of rotatable bonds is 7. The largest absolute Gasteiger partial charge is 0.434 e. The molecule has 2 N–H and O–H groups in total. The third-order valence-corrected chi connectivity index (χ3v) is 3.23. The number of guanidine groups is 1. The van der Waals surface area contributed by atoms with Crippen molar-refractivity contribution in [2.75, 3.05) is 27.7 Å². The number of carbonyl (C=O) groups is 1. The van der Waals surface area contributed by atoms with E-state index in [0.717, 1.165) is 5.56 Å². The van der Waals surface area contributed by atoms with Crippen LogP contribution in [0.2, 0.25) is 0 Å². The zero-order valence-electron chi connectivity index (χ0n) is 14.4. The molecule has 0 aliphatic heterocycles. The van der Waals surface area contributed by atoms with E-state index >= 15 is 0 Å². The molecule has 1 amide bonds. The maximum absolute atomic E-state index is 12.5. The van der Waals surface area contributed by atoms with E-state index in [1.165, 1.54) is 11.0 Å². The van der Waals surface area contributed by atoms with Crippen LogP contribution in [-0.2, 0) is 11.3 Å². The number of alkyl halides is 2. The number of nitrogens with zero attached hydrogens (tertiary/aromatic N) is 2. The quantitative estimate of drug-likeness (QED) is 0.585. The third-order valence-electron chi connectivity index (χ3n) is 3.23. The van der Waals surface area contributed by atoms with E-state index < -0.39 is 6.61 Å². The lowest BCUT2D eigenvalue weighted by Crippen LogP contribution is -2.38. The lowest BCUT2D eigenvalue weighted by molar-refractivity contribution is -0.128.